The number of thioether (sulfide) groups is 1. The first-order chi connectivity index (χ1) is 15.3. The lowest BCUT2D eigenvalue weighted by molar-refractivity contribution is -0.115. The summed E-state index contributed by atoms with van der Waals surface area (Å²) in [6.07, 6.45) is 0.235. The highest BCUT2D eigenvalue weighted by molar-refractivity contribution is 7.98. The zero-order chi connectivity index (χ0) is 22.8. The number of benzene rings is 1. The van der Waals surface area contributed by atoms with Crippen LogP contribution in [-0.4, -0.2) is 20.4 Å². The number of carbonyl (C=O) groups excluding carboxylic acids is 1. The van der Waals surface area contributed by atoms with Crippen molar-refractivity contribution in [3.63, 3.8) is 0 Å². The van der Waals surface area contributed by atoms with E-state index >= 15 is 0 Å². The second kappa shape index (κ2) is 9.56. The van der Waals surface area contributed by atoms with Crippen molar-refractivity contribution in [2.45, 2.75) is 51.1 Å². The number of hydrogen-bond acceptors (Lipinski definition) is 7. The molecule has 0 fully saturated rings. The molecule has 0 spiro atoms. The highest BCUT2D eigenvalue weighted by Gasteiger charge is 2.19. The Labute approximate surface area is 198 Å². The van der Waals surface area contributed by atoms with Gasteiger partial charge in [0, 0.05) is 27.7 Å². The van der Waals surface area contributed by atoms with Crippen molar-refractivity contribution in [1.29, 1.82) is 0 Å². The standard InChI is InChI=1S/C23H24N4O2S3/c1-13(2)27-22(29)20-14(3)15(4)32-21(20)26-23(27)31-12-17-11-30-19(25-17)10-18(28)24-16-8-6-5-7-9-16/h5-9,11,13H,10,12H2,1-4H3,(H,24,28). The number of anilines is 1. The zero-order valence-corrected chi connectivity index (χ0v) is 20.8. The predicted molar refractivity (Wildman–Crippen MR) is 134 cm³/mol. The molecule has 0 aliphatic rings. The molecule has 166 valence electrons. The number of hydrogen-bond donors (Lipinski definition) is 1. The molecule has 4 aromatic rings. The van der Waals surface area contributed by atoms with E-state index in [1.807, 2.05) is 63.4 Å². The Bertz CT molecular complexity index is 1320. The minimum Gasteiger partial charge on any atom is -0.326 e. The van der Waals surface area contributed by atoms with Gasteiger partial charge >= 0.3 is 0 Å². The van der Waals surface area contributed by atoms with Crippen molar-refractivity contribution in [2.75, 3.05) is 5.32 Å². The first kappa shape index (κ1) is 22.7. The molecule has 6 nitrogen and oxygen atoms in total. The third kappa shape index (κ3) is 4.79. The first-order valence-electron chi connectivity index (χ1n) is 10.3. The summed E-state index contributed by atoms with van der Waals surface area (Å²) in [6.45, 7) is 8.01. The summed E-state index contributed by atoms with van der Waals surface area (Å²) < 4.78 is 1.77. The molecule has 0 bridgehead atoms. The van der Waals surface area contributed by atoms with Crippen molar-refractivity contribution in [2.24, 2.45) is 0 Å². The normalized spacial score (nSPS) is 11.4. The van der Waals surface area contributed by atoms with Gasteiger partial charge in [0.1, 0.15) is 9.84 Å². The fourth-order valence-electron chi connectivity index (χ4n) is 3.34. The molecule has 0 aliphatic heterocycles. The van der Waals surface area contributed by atoms with Crippen LogP contribution in [0, 0.1) is 13.8 Å². The summed E-state index contributed by atoms with van der Waals surface area (Å²) in [4.78, 5) is 36.8. The van der Waals surface area contributed by atoms with Gasteiger partial charge in [-0.15, -0.1) is 22.7 Å². The Morgan fingerprint density at radius 3 is 2.66 bits per heavy atom. The van der Waals surface area contributed by atoms with E-state index in [-0.39, 0.29) is 23.9 Å². The van der Waals surface area contributed by atoms with Gasteiger partial charge in [0.25, 0.3) is 5.56 Å². The number of fused-ring (bicyclic) bond motifs is 1. The van der Waals surface area contributed by atoms with Gasteiger partial charge in [-0.2, -0.15) is 0 Å². The molecule has 1 N–H and O–H groups in total. The van der Waals surface area contributed by atoms with E-state index in [9.17, 15) is 9.59 Å². The monoisotopic (exact) mass is 484 g/mol. The molecule has 0 saturated heterocycles. The van der Waals surface area contributed by atoms with Gasteiger partial charge < -0.3 is 5.32 Å². The average molecular weight is 485 g/mol. The maximum atomic E-state index is 13.2. The van der Waals surface area contributed by atoms with Crippen LogP contribution in [0.15, 0.2) is 45.7 Å². The number of nitrogens with one attached hydrogen (secondary N) is 1. The van der Waals surface area contributed by atoms with Crippen LogP contribution in [0.25, 0.3) is 10.2 Å². The summed E-state index contributed by atoms with van der Waals surface area (Å²) in [6, 6.07) is 9.40. The van der Waals surface area contributed by atoms with E-state index in [0.29, 0.717) is 10.9 Å². The number of para-hydroxylation sites is 1. The van der Waals surface area contributed by atoms with Gasteiger partial charge in [0.2, 0.25) is 5.91 Å². The quantitative estimate of drug-likeness (QED) is 0.273. The van der Waals surface area contributed by atoms with Crippen LogP contribution in [0.2, 0.25) is 0 Å². The average Bonchev–Trinajstić information content (AvgIpc) is 3.30. The largest absolute Gasteiger partial charge is 0.326 e. The Hall–Kier alpha value is -2.49. The molecule has 0 atom stereocenters. The topological polar surface area (TPSA) is 76.9 Å². The molecule has 4 rings (SSSR count). The van der Waals surface area contributed by atoms with E-state index in [2.05, 4.69) is 10.3 Å². The molecule has 1 amide bonds. The number of aromatic nitrogens is 3. The third-order valence-electron chi connectivity index (χ3n) is 5.04. The third-order valence-corrected chi connectivity index (χ3v) is 8.02. The van der Waals surface area contributed by atoms with Gasteiger partial charge in [0.15, 0.2) is 5.16 Å². The lowest BCUT2D eigenvalue weighted by atomic mass is 10.2. The maximum Gasteiger partial charge on any atom is 0.263 e. The smallest absolute Gasteiger partial charge is 0.263 e. The molecule has 0 saturated carbocycles. The van der Waals surface area contributed by atoms with E-state index in [1.54, 1.807) is 15.9 Å². The summed E-state index contributed by atoms with van der Waals surface area (Å²) in [5, 5.41) is 7.05. The van der Waals surface area contributed by atoms with Crippen molar-refractivity contribution < 1.29 is 4.79 Å². The number of rotatable bonds is 7. The van der Waals surface area contributed by atoms with E-state index < -0.39 is 0 Å². The minimum atomic E-state index is -0.0889. The van der Waals surface area contributed by atoms with Crippen LogP contribution in [0.5, 0.6) is 0 Å². The van der Waals surface area contributed by atoms with Crippen molar-refractivity contribution in [1.82, 2.24) is 14.5 Å². The number of carbonyl (C=O) groups is 1. The molecule has 3 aromatic heterocycles. The fraction of sp³-hybridized carbons (Fsp3) is 0.304. The zero-order valence-electron chi connectivity index (χ0n) is 18.3. The summed E-state index contributed by atoms with van der Waals surface area (Å²) >= 11 is 4.55. The lowest BCUT2D eigenvalue weighted by Gasteiger charge is -2.15. The van der Waals surface area contributed by atoms with Crippen LogP contribution >= 0.6 is 34.4 Å². The molecule has 32 heavy (non-hydrogen) atoms. The lowest BCUT2D eigenvalue weighted by Crippen LogP contribution is -2.24. The van der Waals surface area contributed by atoms with Crippen LogP contribution in [0.4, 0.5) is 5.69 Å². The maximum absolute atomic E-state index is 13.2. The summed E-state index contributed by atoms with van der Waals surface area (Å²) in [5.41, 5.74) is 2.69. The van der Waals surface area contributed by atoms with Gasteiger partial charge in [-0.3, -0.25) is 14.2 Å². The molecule has 9 heteroatoms. The number of amides is 1. The van der Waals surface area contributed by atoms with E-state index in [1.165, 1.54) is 23.1 Å². The van der Waals surface area contributed by atoms with Crippen molar-refractivity contribution in [3.8, 4) is 0 Å². The second-order valence-electron chi connectivity index (χ2n) is 7.74. The highest BCUT2D eigenvalue weighted by Crippen LogP contribution is 2.30. The number of thiophene rings is 1. The van der Waals surface area contributed by atoms with E-state index in [0.717, 1.165) is 37.0 Å². The highest BCUT2D eigenvalue weighted by atomic mass is 32.2. The predicted octanol–water partition coefficient (Wildman–Crippen LogP) is 5.59. The Balaban J connectivity index is 1.48. The van der Waals surface area contributed by atoms with Gasteiger partial charge in [-0.1, -0.05) is 30.0 Å². The summed E-state index contributed by atoms with van der Waals surface area (Å²) in [5.74, 6) is 0.499. The van der Waals surface area contributed by atoms with Crippen LogP contribution in [0.1, 0.15) is 41.0 Å². The molecular weight excluding hydrogens is 460 g/mol. The van der Waals surface area contributed by atoms with Crippen molar-refractivity contribution in [3.05, 3.63) is 67.2 Å². The SMILES string of the molecule is Cc1sc2nc(SCc3csc(CC(=O)Nc4ccccc4)n3)n(C(C)C)c(=O)c2c1C. The Kier molecular flexibility index (Phi) is 6.78. The van der Waals surface area contributed by atoms with Gasteiger partial charge in [0.05, 0.1) is 17.5 Å². The van der Waals surface area contributed by atoms with Crippen LogP contribution in [0.3, 0.4) is 0 Å². The number of nitrogens with zero attached hydrogens (tertiary/aromatic N) is 3. The minimum absolute atomic E-state index is 0.00850. The first-order valence-corrected chi connectivity index (χ1v) is 12.9. The van der Waals surface area contributed by atoms with Gasteiger partial charge in [-0.25, -0.2) is 9.97 Å². The number of aryl methyl sites for hydroxylation is 2. The van der Waals surface area contributed by atoms with Crippen LogP contribution in [-0.2, 0) is 17.0 Å². The molecular formula is C23H24N4O2S3. The van der Waals surface area contributed by atoms with Gasteiger partial charge in [-0.05, 0) is 45.4 Å². The van der Waals surface area contributed by atoms with E-state index in [4.69, 9.17) is 4.98 Å². The number of thiazole rings is 1. The molecule has 3 heterocycles. The molecule has 0 unspecified atom stereocenters. The molecule has 0 aliphatic carbocycles. The molecule has 0 radical (unpaired) electrons. The Morgan fingerprint density at radius 2 is 1.94 bits per heavy atom. The van der Waals surface area contributed by atoms with Crippen molar-refractivity contribution >= 4 is 56.2 Å². The fourth-order valence-corrected chi connectivity index (χ4v) is 6.33. The Morgan fingerprint density at radius 1 is 1.19 bits per heavy atom. The summed E-state index contributed by atoms with van der Waals surface area (Å²) in [7, 11) is 0. The molecule has 1 aromatic carbocycles. The van der Waals surface area contributed by atoms with Crippen LogP contribution < -0.4 is 10.9 Å². The second-order valence-corrected chi connectivity index (χ2v) is 10.8.